The zero-order valence-electron chi connectivity index (χ0n) is 17.2. The van der Waals surface area contributed by atoms with Crippen LogP contribution in [-0.2, 0) is 11.3 Å². The number of ether oxygens (including phenoxy) is 1. The number of rotatable bonds is 8. The minimum Gasteiger partial charge on any atom is -0.503 e. The van der Waals surface area contributed by atoms with E-state index >= 15 is 0 Å². The number of furan rings is 1. The fraction of sp³-hybridized carbons (Fsp3) is 0.200. The second kappa shape index (κ2) is 8.92. The highest BCUT2D eigenvalue weighted by Gasteiger charge is 2.44. The maximum absolute atomic E-state index is 13.1. The van der Waals surface area contributed by atoms with Crippen LogP contribution in [0.2, 0.25) is 0 Å². The van der Waals surface area contributed by atoms with Crippen LogP contribution in [0.3, 0.4) is 0 Å². The summed E-state index contributed by atoms with van der Waals surface area (Å²) >= 11 is 0. The van der Waals surface area contributed by atoms with Gasteiger partial charge in [0.15, 0.2) is 11.5 Å². The Morgan fingerprint density at radius 1 is 1.06 bits per heavy atom. The van der Waals surface area contributed by atoms with Gasteiger partial charge in [-0.1, -0.05) is 49.4 Å². The molecule has 1 unspecified atom stereocenters. The standard InChI is InChI=1S/C25H23NO5/c1-2-14-30-19-12-10-18(11-13-19)22-21(23(27)20-9-6-15-31-20)24(28)25(29)26(22)16-17-7-4-3-5-8-17/h3-13,15,22,28H,2,14,16H2,1H3. The number of hydrogen-bond donors (Lipinski definition) is 1. The van der Waals surface area contributed by atoms with Crippen LogP contribution in [0.1, 0.15) is 41.1 Å². The van der Waals surface area contributed by atoms with Crippen molar-refractivity contribution >= 4 is 11.7 Å². The molecule has 6 nitrogen and oxygen atoms in total. The van der Waals surface area contributed by atoms with E-state index in [0.717, 1.165) is 12.0 Å². The van der Waals surface area contributed by atoms with E-state index in [0.29, 0.717) is 17.9 Å². The third-order valence-corrected chi connectivity index (χ3v) is 5.16. The molecule has 3 aromatic rings. The summed E-state index contributed by atoms with van der Waals surface area (Å²) in [6.07, 6.45) is 2.28. The Kier molecular flexibility index (Phi) is 5.89. The van der Waals surface area contributed by atoms with E-state index in [2.05, 4.69) is 0 Å². The summed E-state index contributed by atoms with van der Waals surface area (Å²) < 4.78 is 10.9. The van der Waals surface area contributed by atoms with Crippen LogP contribution in [0.15, 0.2) is 88.7 Å². The van der Waals surface area contributed by atoms with Gasteiger partial charge in [0.1, 0.15) is 5.75 Å². The minimum absolute atomic E-state index is 0.0121. The second-order valence-corrected chi connectivity index (χ2v) is 7.31. The van der Waals surface area contributed by atoms with E-state index in [-0.39, 0.29) is 17.9 Å². The predicted molar refractivity (Wildman–Crippen MR) is 115 cm³/mol. The Hall–Kier alpha value is -3.80. The van der Waals surface area contributed by atoms with Crippen LogP contribution < -0.4 is 4.74 Å². The number of nitrogens with zero attached hydrogens (tertiary/aromatic N) is 1. The normalized spacial score (nSPS) is 16.1. The molecule has 31 heavy (non-hydrogen) atoms. The first-order valence-corrected chi connectivity index (χ1v) is 10.2. The predicted octanol–water partition coefficient (Wildman–Crippen LogP) is 4.85. The molecule has 0 aliphatic carbocycles. The molecule has 0 saturated carbocycles. The molecular weight excluding hydrogens is 394 g/mol. The van der Waals surface area contributed by atoms with Crippen LogP contribution in [0.25, 0.3) is 0 Å². The van der Waals surface area contributed by atoms with Crippen molar-refractivity contribution in [3.63, 3.8) is 0 Å². The molecular formula is C25H23NO5. The lowest BCUT2D eigenvalue weighted by Gasteiger charge is -2.27. The van der Waals surface area contributed by atoms with Gasteiger partial charge in [-0.3, -0.25) is 9.59 Å². The summed E-state index contributed by atoms with van der Waals surface area (Å²) in [6.45, 7) is 2.88. The molecule has 0 saturated heterocycles. The number of benzene rings is 2. The molecule has 4 rings (SSSR count). The van der Waals surface area contributed by atoms with Gasteiger partial charge in [-0.25, -0.2) is 0 Å². The van der Waals surface area contributed by atoms with Crippen LogP contribution in [0.5, 0.6) is 5.75 Å². The van der Waals surface area contributed by atoms with Gasteiger partial charge in [-0.15, -0.1) is 0 Å². The van der Waals surface area contributed by atoms with Crippen molar-refractivity contribution < 1.29 is 23.8 Å². The van der Waals surface area contributed by atoms with Gasteiger partial charge in [0.05, 0.1) is 24.5 Å². The molecule has 1 aliphatic rings. The summed E-state index contributed by atoms with van der Waals surface area (Å²) in [4.78, 5) is 27.6. The first-order chi connectivity index (χ1) is 15.1. The lowest BCUT2D eigenvalue weighted by molar-refractivity contribution is -0.130. The Bertz CT molecular complexity index is 1080. The third kappa shape index (κ3) is 4.10. The first-order valence-electron chi connectivity index (χ1n) is 10.2. The van der Waals surface area contributed by atoms with E-state index in [1.165, 1.54) is 17.2 Å². The molecule has 1 atom stereocenters. The van der Waals surface area contributed by atoms with Crippen LogP contribution >= 0.6 is 0 Å². The summed E-state index contributed by atoms with van der Waals surface area (Å²) in [5.41, 5.74) is 1.61. The average Bonchev–Trinajstić information content (AvgIpc) is 3.42. The number of amides is 1. The highest BCUT2D eigenvalue weighted by molar-refractivity contribution is 6.15. The molecule has 2 aromatic carbocycles. The topological polar surface area (TPSA) is 80.0 Å². The molecule has 0 fully saturated rings. The van der Waals surface area contributed by atoms with Gasteiger partial charge in [0.2, 0.25) is 5.78 Å². The van der Waals surface area contributed by atoms with Crippen LogP contribution in [-0.4, -0.2) is 28.3 Å². The molecule has 0 radical (unpaired) electrons. The smallest absolute Gasteiger partial charge is 0.290 e. The van der Waals surface area contributed by atoms with E-state index in [1.54, 1.807) is 18.2 Å². The van der Waals surface area contributed by atoms with Gasteiger partial charge in [-0.2, -0.15) is 0 Å². The molecule has 1 amide bonds. The molecule has 0 bridgehead atoms. The van der Waals surface area contributed by atoms with Gasteiger partial charge in [-0.05, 0) is 41.8 Å². The fourth-order valence-corrected chi connectivity index (χ4v) is 3.68. The molecule has 2 heterocycles. The Morgan fingerprint density at radius 2 is 1.81 bits per heavy atom. The highest BCUT2D eigenvalue weighted by atomic mass is 16.5. The quantitative estimate of drug-likeness (QED) is 0.530. The number of Topliss-reactive ketones (excluding diaryl/α,β-unsaturated/α-hetero) is 1. The molecule has 6 heteroatoms. The Morgan fingerprint density at radius 3 is 2.45 bits per heavy atom. The Balaban J connectivity index is 1.73. The summed E-state index contributed by atoms with van der Waals surface area (Å²) in [7, 11) is 0. The monoisotopic (exact) mass is 417 g/mol. The SMILES string of the molecule is CCCOc1ccc(C2C(C(=O)c3ccco3)=C(O)C(=O)N2Cc2ccccc2)cc1. The van der Waals surface area contributed by atoms with Crippen molar-refractivity contribution in [2.24, 2.45) is 0 Å². The van der Waals surface area contributed by atoms with Crippen molar-refractivity contribution in [2.45, 2.75) is 25.9 Å². The zero-order chi connectivity index (χ0) is 21.8. The fourth-order valence-electron chi connectivity index (χ4n) is 3.68. The Labute approximate surface area is 180 Å². The highest BCUT2D eigenvalue weighted by Crippen LogP contribution is 2.40. The zero-order valence-corrected chi connectivity index (χ0v) is 17.2. The maximum Gasteiger partial charge on any atom is 0.290 e. The van der Waals surface area contributed by atoms with Gasteiger partial charge in [0.25, 0.3) is 5.91 Å². The van der Waals surface area contributed by atoms with E-state index in [9.17, 15) is 14.7 Å². The molecule has 0 spiro atoms. The summed E-state index contributed by atoms with van der Waals surface area (Å²) in [5.74, 6) is -0.869. The molecule has 1 aliphatic heterocycles. The number of aliphatic hydroxyl groups is 1. The van der Waals surface area contributed by atoms with Crippen LogP contribution in [0.4, 0.5) is 0 Å². The average molecular weight is 417 g/mol. The number of carbonyl (C=O) groups is 2. The number of carbonyl (C=O) groups excluding carboxylic acids is 2. The van der Waals surface area contributed by atoms with Crippen LogP contribution in [0, 0.1) is 0 Å². The molecule has 1 N–H and O–H groups in total. The summed E-state index contributed by atoms with van der Waals surface area (Å²) in [5, 5.41) is 10.7. The molecule has 1 aromatic heterocycles. The van der Waals surface area contributed by atoms with Crippen molar-refractivity contribution in [1.29, 1.82) is 0 Å². The van der Waals surface area contributed by atoms with Crippen molar-refractivity contribution in [1.82, 2.24) is 4.90 Å². The van der Waals surface area contributed by atoms with Gasteiger partial charge < -0.3 is 19.2 Å². The second-order valence-electron chi connectivity index (χ2n) is 7.31. The third-order valence-electron chi connectivity index (χ3n) is 5.16. The molecule has 158 valence electrons. The number of ketones is 1. The van der Waals surface area contributed by atoms with Crippen molar-refractivity contribution in [3.05, 3.63) is 101 Å². The van der Waals surface area contributed by atoms with E-state index < -0.39 is 23.5 Å². The number of aliphatic hydroxyl groups excluding tert-OH is 1. The summed E-state index contributed by atoms with van der Waals surface area (Å²) in [6, 6.07) is 19.1. The van der Waals surface area contributed by atoms with E-state index in [1.807, 2.05) is 49.4 Å². The largest absolute Gasteiger partial charge is 0.503 e. The minimum atomic E-state index is -0.745. The first kappa shape index (κ1) is 20.5. The van der Waals surface area contributed by atoms with Gasteiger partial charge in [0, 0.05) is 6.54 Å². The number of hydrogen-bond acceptors (Lipinski definition) is 5. The maximum atomic E-state index is 13.1. The van der Waals surface area contributed by atoms with Gasteiger partial charge >= 0.3 is 0 Å². The lowest BCUT2D eigenvalue weighted by atomic mass is 9.95. The lowest BCUT2D eigenvalue weighted by Crippen LogP contribution is -2.30. The van der Waals surface area contributed by atoms with Crippen molar-refractivity contribution in [2.75, 3.05) is 6.61 Å². The van der Waals surface area contributed by atoms with Crippen molar-refractivity contribution in [3.8, 4) is 5.75 Å². The van der Waals surface area contributed by atoms with E-state index in [4.69, 9.17) is 9.15 Å².